The Labute approximate surface area is 218 Å². The minimum Gasteiger partial charge on any atom is -0.482 e. The number of alkyl halides is 5. The fraction of sp³-hybridized carbons (Fsp3) is 0.500. The Morgan fingerprint density at radius 3 is 2.29 bits per heavy atom. The molecule has 0 heterocycles. The summed E-state index contributed by atoms with van der Waals surface area (Å²) in [5.41, 5.74) is -1.70. The van der Waals surface area contributed by atoms with Gasteiger partial charge < -0.3 is 9.47 Å². The Bertz CT molecular complexity index is 1250. The van der Waals surface area contributed by atoms with E-state index in [1.807, 2.05) is 0 Å². The molecule has 0 radical (unpaired) electrons. The Morgan fingerprint density at radius 2 is 1.68 bits per heavy atom. The number of halogens is 5. The van der Waals surface area contributed by atoms with E-state index >= 15 is 0 Å². The van der Waals surface area contributed by atoms with Gasteiger partial charge in [-0.25, -0.2) is 22.0 Å². The smallest absolute Gasteiger partial charge is 0.416 e. The quantitative estimate of drug-likeness (QED) is 0.317. The number of ether oxygens (including phenoxy) is 2. The van der Waals surface area contributed by atoms with Crippen molar-refractivity contribution in [2.75, 3.05) is 12.5 Å². The first-order valence-corrected chi connectivity index (χ1v) is 13.6. The zero-order chi connectivity index (χ0) is 28.5. The van der Waals surface area contributed by atoms with E-state index < -0.39 is 61.4 Å². The van der Waals surface area contributed by atoms with E-state index in [0.29, 0.717) is 44.1 Å². The first-order valence-electron chi connectivity index (χ1n) is 11.9. The van der Waals surface area contributed by atoms with Crippen molar-refractivity contribution in [1.29, 1.82) is 0 Å². The van der Waals surface area contributed by atoms with Crippen LogP contribution in [0.15, 0.2) is 41.3 Å². The summed E-state index contributed by atoms with van der Waals surface area (Å²) in [6.07, 6.45) is -3.23. The molecule has 1 aliphatic rings. The maximum atomic E-state index is 13.8. The highest BCUT2D eigenvalue weighted by Gasteiger charge is 2.36. The summed E-state index contributed by atoms with van der Waals surface area (Å²) in [6, 6.07) is 5.82. The standard InChI is InChI=1S/C26H30F5NO5S/c1-24(2,3)37-23(33)14-36-22-10-6-7-19-20(22)8-5-9-21(19)32-15-38(34,35)18-12-16(25(4,27)28)11-17(13-18)26(29,30)31/h6-7,10-13,21,32H,5,8-9,14-15H2,1-4H3/t21-/m1/s1. The molecule has 1 atom stereocenters. The molecule has 0 aliphatic heterocycles. The number of carbonyl (C=O) groups is 1. The van der Waals surface area contributed by atoms with Gasteiger partial charge in [0, 0.05) is 18.5 Å². The maximum absolute atomic E-state index is 13.8. The van der Waals surface area contributed by atoms with Gasteiger partial charge >= 0.3 is 12.1 Å². The average molecular weight is 564 g/mol. The molecule has 210 valence electrons. The van der Waals surface area contributed by atoms with Gasteiger partial charge in [0.15, 0.2) is 16.4 Å². The molecular weight excluding hydrogens is 533 g/mol. The number of nitrogens with one attached hydrogen (secondary N) is 1. The molecule has 0 aromatic heterocycles. The lowest BCUT2D eigenvalue weighted by atomic mass is 9.87. The Hall–Kier alpha value is -2.73. The summed E-state index contributed by atoms with van der Waals surface area (Å²) in [5, 5.41) is 2.85. The molecule has 12 heteroatoms. The van der Waals surface area contributed by atoms with E-state index in [9.17, 15) is 35.2 Å². The van der Waals surface area contributed by atoms with E-state index in [1.54, 1.807) is 39.0 Å². The monoisotopic (exact) mass is 563 g/mol. The van der Waals surface area contributed by atoms with Gasteiger partial charge in [-0.05, 0) is 75.4 Å². The number of sulfone groups is 1. The molecule has 3 rings (SSSR count). The van der Waals surface area contributed by atoms with Crippen molar-refractivity contribution in [3.05, 3.63) is 58.7 Å². The molecule has 0 fully saturated rings. The summed E-state index contributed by atoms with van der Waals surface area (Å²) in [7, 11) is -4.41. The molecule has 0 saturated heterocycles. The third-order valence-electron chi connectivity index (χ3n) is 5.85. The molecule has 0 bridgehead atoms. The van der Waals surface area contributed by atoms with Crippen molar-refractivity contribution < 1.29 is 44.6 Å². The van der Waals surface area contributed by atoms with Gasteiger partial charge in [0.25, 0.3) is 5.92 Å². The van der Waals surface area contributed by atoms with E-state index in [1.165, 1.54) is 0 Å². The van der Waals surface area contributed by atoms with E-state index in [-0.39, 0.29) is 12.7 Å². The van der Waals surface area contributed by atoms with Crippen LogP contribution in [0.3, 0.4) is 0 Å². The Kier molecular flexibility index (Phi) is 8.47. The third kappa shape index (κ3) is 7.66. The molecule has 0 unspecified atom stereocenters. The highest BCUT2D eigenvalue weighted by molar-refractivity contribution is 7.91. The van der Waals surface area contributed by atoms with Crippen LogP contribution in [0.4, 0.5) is 22.0 Å². The second kappa shape index (κ2) is 10.8. The van der Waals surface area contributed by atoms with Gasteiger partial charge in [-0.15, -0.1) is 0 Å². The van der Waals surface area contributed by atoms with E-state index in [2.05, 4.69) is 5.32 Å². The molecule has 0 saturated carbocycles. The number of fused-ring (bicyclic) bond motifs is 1. The van der Waals surface area contributed by atoms with Crippen LogP contribution in [0.5, 0.6) is 5.75 Å². The normalized spacial score (nSPS) is 16.6. The van der Waals surface area contributed by atoms with Crippen molar-refractivity contribution in [1.82, 2.24) is 5.32 Å². The third-order valence-corrected chi connectivity index (χ3v) is 7.35. The molecule has 6 nitrogen and oxygen atoms in total. The Morgan fingerprint density at radius 1 is 1.03 bits per heavy atom. The highest BCUT2D eigenvalue weighted by atomic mass is 32.2. The summed E-state index contributed by atoms with van der Waals surface area (Å²) >= 11 is 0. The fourth-order valence-electron chi connectivity index (χ4n) is 4.16. The second-order valence-corrected chi connectivity index (χ2v) is 12.2. The molecule has 1 aliphatic carbocycles. The van der Waals surface area contributed by atoms with Crippen LogP contribution in [0, 0.1) is 0 Å². The lowest BCUT2D eigenvalue weighted by molar-refractivity contribution is -0.157. The summed E-state index contributed by atoms with van der Waals surface area (Å²) in [5.74, 6) is -4.55. The van der Waals surface area contributed by atoms with Crippen molar-refractivity contribution in [3.63, 3.8) is 0 Å². The average Bonchev–Trinajstić information content (AvgIpc) is 2.79. The van der Waals surface area contributed by atoms with E-state index in [0.717, 1.165) is 11.1 Å². The largest absolute Gasteiger partial charge is 0.482 e. The number of hydrogen-bond acceptors (Lipinski definition) is 6. The summed E-state index contributed by atoms with van der Waals surface area (Å²) in [4.78, 5) is 11.2. The number of hydrogen-bond donors (Lipinski definition) is 1. The minimum absolute atomic E-state index is 0.253. The predicted octanol–water partition coefficient (Wildman–Crippen LogP) is 5.94. The fourth-order valence-corrected chi connectivity index (χ4v) is 5.36. The Balaban J connectivity index is 1.81. The van der Waals surface area contributed by atoms with Gasteiger partial charge in [0.1, 0.15) is 17.2 Å². The topological polar surface area (TPSA) is 81.7 Å². The van der Waals surface area contributed by atoms with Crippen molar-refractivity contribution in [3.8, 4) is 5.75 Å². The second-order valence-electron chi connectivity index (χ2n) is 10.2. The van der Waals surface area contributed by atoms with Crippen LogP contribution in [-0.4, -0.2) is 32.5 Å². The molecule has 38 heavy (non-hydrogen) atoms. The van der Waals surface area contributed by atoms with Crippen LogP contribution < -0.4 is 10.1 Å². The van der Waals surface area contributed by atoms with Crippen molar-refractivity contribution in [2.45, 2.75) is 75.6 Å². The number of benzene rings is 2. The first kappa shape index (κ1) is 29.8. The minimum atomic E-state index is -5.00. The van der Waals surface area contributed by atoms with Gasteiger partial charge in [-0.1, -0.05) is 12.1 Å². The van der Waals surface area contributed by atoms with Crippen LogP contribution in [0.25, 0.3) is 0 Å². The first-order chi connectivity index (χ1) is 17.4. The van der Waals surface area contributed by atoms with Crippen LogP contribution in [-0.2, 0) is 37.9 Å². The molecule has 1 N–H and O–H groups in total. The molecule has 0 spiro atoms. The van der Waals surface area contributed by atoms with Gasteiger partial charge in [0.2, 0.25) is 0 Å². The van der Waals surface area contributed by atoms with Crippen LogP contribution in [0.2, 0.25) is 0 Å². The van der Waals surface area contributed by atoms with Gasteiger partial charge in [-0.2, -0.15) is 13.2 Å². The predicted molar refractivity (Wildman–Crippen MR) is 130 cm³/mol. The molecular formula is C26H30F5NO5S. The summed E-state index contributed by atoms with van der Waals surface area (Å²) in [6.45, 7) is 5.27. The van der Waals surface area contributed by atoms with E-state index in [4.69, 9.17) is 9.47 Å². The number of rotatable bonds is 8. The highest BCUT2D eigenvalue weighted by Crippen LogP contribution is 2.38. The number of esters is 1. The zero-order valence-corrected chi connectivity index (χ0v) is 22.2. The maximum Gasteiger partial charge on any atom is 0.416 e. The van der Waals surface area contributed by atoms with Crippen molar-refractivity contribution >= 4 is 15.8 Å². The molecule has 0 amide bonds. The molecule has 2 aromatic carbocycles. The van der Waals surface area contributed by atoms with Crippen LogP contribution >= 0.6 is 0 Å². The van der Waals surface area contributed by atoms with Crippen LogP contribution in [0.1, 0.15) is 68.8 Å². The zero-order valence-electron chi connectivity index (χ0n) is 21.4. The SMILES string of the molecule is CC(C)(C)OC(=O)COc1cccc2c1CCC[C@H]2NCS(=O)(=O)c1cc(C(C)(F)F)cc(C(F)(F)F)c1. The number of carbonyl (C=O) groups excluding carboxylic acids is 1. The van der Waals surface area contributed by atoms with Crippen molar-refractivity contribution in [2.24, 2.45) is 0 Å². The van der Waals surface area contributed by atoms with Gasteiger partial charge in [-0.3, -0.25) is 5.32 Å². The van der Waals surface area contributed by atoms with Gasteiger partial charge in [0.05, 0.1) is 10.5 Å². The lowest BCUT2D eigenvalue weighted by Crippen LogP contribution is -2.31. The molecule has 2 aromatic rings. The lowest BCUT2D eigenvalue weighted by Gasteiger charge is -2.28. The summed E-state index contributed by atoms with van der Waals surface area (Å²) < 4.78 is 104.